The first-order valence-corrected chi connectivity index (χ1v) is 8.41. The van der Waals surface area contributed by atoms with E-state index in [4.69, 9.17) is 0 Å². The fourth-order valence-corrected chi connectivity index (χ4v) is 3.12. The molecular formula is C16H20N2O2S. The zero-order valence-electron chi connectivity index (χ0n) is 12.2. The van der Waals surface area contributed by atoms with Crippen LogP contribution in [0.4, 0.5) is 5.69 Å². The molecule has 2 aromatic rings. The van der Waals surface area contributed by atoms with Gasteiger partial charge in [-0.05, 0) is 31.2 Å². The van der Waals surface area contributed by atoms with E-state index in [0.717, 1.165) is 12.0 Å². The third-order valence-corrected chi connectivity index (χ3v) is 4.86. The summed E-state index contributed by atoms with van der Waals surface area (Å²) in [4.78, 5) is 0.266. The van der Waals surface area contributed by atoms with Gasteiger partial charge in [0.1, 0.15) is 4.90 Å². The number of rotatable bonds is 6. The first-order valence-electron chi connectivity index (χ1n) is 6.92. The Kier molecular flexibility index (Phi) is 4.98. The van der Waals surface area contributed by atoms with E-state index in [9.17, 15) is 8.42 Å². The van der Waals surface area contributed by atoms with Gasteiger partial charge < -0.3 is 5.32 Å². The van der Waals surface area contributed by atoms with Gasteiger partial charge in [0.25, 0.3) is 0 Å². The number of sulfonamides is 1. The molecular weight excluding hydrogens is 284 g/mol. The molecule has 4 nitrogen and oxygen atoms in total. The zero-order chi connectivity index (χ0) is 15.3. The smallest absolute Gasteiger partial charge is 0.242 e. The number of hydrogen-bond donors (Lipinski definition) is 2. The van der Waals surface area contributed by atoms with Crippen molar-refractivity contribution < 1.29 is 8.42 Å². The second kappa shape index (κ2) is 6.74. The number of benzene rings is 2. The molecule has 0 spiro atoms. The van der Waals surface area contributed by atoms with E-state index in [1.165, 1.54) is 7.05 Å². The number of para-hydroxylation sites is 1. The molecule has 0 amide bonds. The molecule has 0 aliphatic rings. The van der Waals surface area contributed by atoms with Crippen LogP contribution in [-0.4, -0.2) is 15.5 Å². The summed E-state index contributed by atoms with van der Waals surface area (Å²) < 4.78 is 26.5. The highest BCUT2D eigenvalue weighted by Gasteiger charge is 2.18. The third-order valence-electron chi connectivity index (χ3n) is 3.39. The van der Waals surface area contributed by atoms with Crippen molar-refractivity contribution >= 4 is 15.7 Å². The molecule has 21 heavy (non-hydrogen) atoms. The summed E-state index contributed by atoms with van der Waals surface area (Å²) in [7, 11) is -2.06. The largest absolute Gasteiger partial charge is 0.377 e. The van der Waals surface area contributed by atoms with Gasteiger partial charge in [0, 0.05) is 0 Å². The maximum Gasteiger partial charge on any atom is 0.242 e. The van der Waals surface area contributed by atoms with Crippen LogP contribution in [0.25, 0.3) is 0 Å². The lowest BCUT2D eigenvalue weighted by Crippen LogP contribution is -2.21. The normalized spacial score (nSPS) is 12.9. The van der Waals surface area contributed by atoms with Gasteiger partial charge >= 0.3 is 0 Å². The Hall–Kier alpha value is -1.85. The van der Waals surface area contributed by atoms with Gasteiger partial charge in [0.05, 0.1) is 11.7 Å². The summed E-state index contributed by atoms with van der Waals surface area (Å²) >= 11 is 0. The first kappa shape index (κ1) is 15.5. The highest BCUT2D eigenvalue weighted by Crippen LogP contribution is 2.27. The Morgan fingerprint density at radius 1 is 1.00 bits per heavy atom. The molecule has 0 radical (unpaired) electrons. The van der Waals surface area contributed by atoms with Crippen molar-refractivity contribution in [1.29, 1.82) is 0 Å². The van der Waals surface area contributed by atoms with Crippen LogP contribution in [0.1, 0.15) is 24.9 Å². The SMILES string of the molecule is CCC(Nc1ccccc1S(=O)(=O)NC)c1ccccc1. The summed E-state index contributed by atoms with van der Waals surface area (Å²) in [6.45, 7) is 2.07. The van der Waals surface area contributed by atoms with Crippen molar-refractivity contribution in [3.63, 3.8) is 0 Å². The molecule has 0 saturated heterocycles. The second-order valence-corrected chi connectivity index (χ2v) is 6.57. The fourth-order valence-electron chi connectivity index (χ4n) is 2.22. The average Bonchev–Trinajstić information content (AvgIpc) is 2.53. The maximum absolute atomic E-state index is 12.1. The summed E-state index contributed by atoms with van der Waals surface area (Å²) in [6, 6.07) is 17.0. The van der Waals surface area contributed by atoms with E-state index >= 15 is 0 Å². The van der Waals surface area contributed by atoms with Gasteiger partial charge in [-0.2, -0.15) is 0 Å². The van der Waals surface area contributed by atoms with Crippen LogP contribution in [0, 0.1) is 0 Å². The average molecular weight is 304 g/mol. The summed E-state index contributed by atoms with van der Waals surface area (Å²) in [5, 5.41) is 3.33. The van der Waals surface area contributed by atoms with Crippen molar-refractivity contribution in [3.05, 3.63) is 60.2 Å². The van der Waals surface area contributed by atoms with Gasteiger partial charge in [-0.25, -0.2) is 13.1 Å². The van der Waals surface area contributed by atoms with Crippen molar-refractivity contribution in [2.24, 2.45) is 0 Å². The first-order chi connectivity index (χ1) is 10.1. The van der Waals surface area contributed by atoms with Gasteiger partial charge in [-0.3, -0.25) is 0 Å². The van der Waals surface area contributed by atoms with Crippen LogP contribution in [0.5, 0.6) is 0 Å². The Balaban J connectivity index is 2.35. The van der Waals surface area contributed by atoms with Crippen LogP contribution >= 0.6 is 0 Å². The van der Waals surface area contributed by atoms with E-state index in [1.54, 1.807) is 18.2 Å². The predicted octanol–water partition coefficient (Wildman–Crippen LogP) is 3.16. The number of anilines is 1. The Morgan fingerprint density at radius 2 is 1.62 bits per heavy atom. The topological polar surface area (TPSA) is 58.2 Å². The minimum atomic E-state index is -3.48. The standard InChI is InChI=1S/C16H20N2O2S/c1-3-14(13-9-5-4-6-10-13)18-15-11-7-8-12-16(15)21(19,20)17-2/h4-12,14,17-18H,3H2,1-2H3. The highest BCUT2D eigenvalue weighted by molar-refractivity contribution is 7.89. The third kappa shape index (κ3) is 3.62. The molecule has 0 aromatic heterocycles. The molecule has 0 fully saturated rings. The Labute approximate surface area is 126 Å². The quantitative estimate of drug-likeness (QED) is 0.862. The molecule has 0 saturated carbocycles. The van der Waals surface area contributed by atoms with E-state index < -0.39 is 10.0 Å². The minimum Gasteiger partial charge on any atom is -0.377 e. The van der Waals surface area contributed by atoms with E-state index in [-0.39, 0.29) is 10.9 Å². The molecule has 5 heteroatoms. The summed E-state index contributed by atoms with van der Waals surface area (Å²) in [5.74, 6) is 0. The van der Waals surface area contributed by atoms with Gasteiger partial charge in [-0.1, -0.05) is 49.4 Å². The minimum absolute atomic E-state index is 0.0689. The molecule has 0 heterocycles. The summed E-state index contributed by atoms with van der Waals surface area (Å²) in [5.41, 5.74) is 1.75. The highest BCUT2D eigenvalue weighted by atomic mass is 32.2. The molecule has 1 unspecified atom stereocenters. The van der Waals surface area contributed by atoms with Crippen LogP contribution < -0.4 is 10.0 Å². The van der Waals surface area contributed by atoms with Crippen molar-refractivity contribution in [3.8, 4) is 0 Å². The molecule has 0 bridgehead atoms. The second-order valence-electron chi connectivity index (χ2n) is 4.72. The van der Waals surface area contributed by atoms with Crippen LogP contribution in [-0.2, 0) is 10.0 Å². The molecule has 2 N–H and O–H groups in total. The van der Waals surface area contributed by atoms with E-state index in [0.29, 0.717) is 5.69 Å². The van der Waals surface area contributed by atoms with Crippen molar-refractivity contribution in [1.82, 2.24) is 4.72 Å². The van der Waals surface area contributed by atoms with E-state index in [1.807, 2.05) is 36.4 Å². The van der Waals surface area contributed by atoms with Crippen LogP contribution in [0.2, 0.25) is 0 Å². The van der Waals surface area contributed by atoms with Crippen LogP contribution in [0.15, 0.2) is 59.5 Å². The molecule has 112 valence electrons. The van der Waals surface area contributed by atoms with E-state index in [2.05, 4.69) is 17.0 Å². The lowest BCUT2D eigenvalue weighted by Gasteiger charge is -2.20. The molecule has 0 aliphatic carbocycles. The monoisotopic (exact) mass is 304 g/mol. The lowest BCUT2D eigenvalue weighted by molar-refractivity contribution is 0.588. The van der Waals surface area contributed by atoms with Crippen molar-refractivity contribution in [2.45, 2.75) is 24.3 Å². The molecule has 2 rings (SSSR count). The van der Waals surface area contributed by atoms with Gasteiger partial charge in [0.2, 0.25) is 10.0 Å². The van der Waals surface area contributed by atoms with Crippen molar-refractivity contribution in [2.75, 3.05) is 12.4 Å². The zero-order valence-corrected chi connectivity index (χ0v) is 13.0. The van der Waals surface area contributed by atoms with Gasteiger partial charge in [-0.15, -0.1) is 0 Å². The Morgan fingerprint density at radius 3 is 2.24 bits per heavy atom. The number of nitrogens with one attached hydrogen (secondary N) is 2. The molecule has 0 aliphatic heterocycles. The molecule has 2 aromatic carbocycles. The Bertz CT molecular complexity index is 684. The summed E-state index contributed by atoms with van der Waals surface area (Å²) in [6.07, 6.45) is 0.859. The van der Waals surface area contributed by atoms with Crippen LogP contribution in [0.3, 0.4) is 0 Å². The fraction of sp³-hybridized carbons (Fsp3) is 0.250. The lowest BCUT2D eigenvalue weighted by atomic mass is 10.0. The predicted molar refractivity (Wildman–Crippen MR) is 85.8 cm³/mol. The van der Waals surface area contributed by atoms with Gasteiger partial charge in [0.15, 0.2) is 0 Å². The maximum atomic E-state index is 12.1. The number of hydrogen-bond acceptors (Lipinski definition) is 3. The molecule has 1 atom stereocenters.